The second-order valence-electron chi connectivity index (χ2n) is 5.39. The van der Waals surface area contributed by atoms with Gasteiger partial charge in [0.05, 0.1) is 32.0 Å². The summed E-state index contributed by atoms with van der Waals surface area (Å²) in [6, 6.07) is 7.76. The number of benzene rings is 2. The van der Waals surface area contributed by atoms with Gasteiger partial charge in [-0.25, -0.2) is 0 Å². The highest BCUT2D eigenvalue weighted by molar-refractivity contribution is 6.36. The maximum atomic E-state index is 12.4. The lowest BCUT2D eigenvalue weighted by Gasteiger charge is -2.19. The highest BCUT2D eigenvalue weighted by Crippen LogP contribution is 2.40. The third kappa shape index (κ3) is 4.65. The molecule has 6 nitrogen and oxygen atoms in total. The lowest BCUT2D eigenvalue weighted by Crippen LogP contribution is -2.32. The monoisotopic (exact) mass is 398 g/mol. The third-order valence-electron chi connectivity index (χ3n) is 3.63. The Morgan fingerprint density at radius 3 is 2.12 bits per heavy atom. The van der Waals surface area contributed by atoms with Crippen LogP contribution in [0.1, 0.15) is 6.92 Å². The highest BCUT2D eigenvalue weighted by Gasteiger charge is 2.18. The lowest BCUT2D eigenvalue weighted by atomic mass is 10.2. The summed E-state index contributed by atoms with van der Waals surface area (Å²) in [7, 11) is 4.58. The van der Waals surface area contributed by atoms with E-state index in [4.69, 9.17) is 37.4 Å². The third-order valence-corrected chi connectivity index (χ3v) is 4.18. The van der Waals surface area contributed by atoms with E-state index in [2.05, 4.69) is 10.6 Å². The van der Waals surface area contributed by atoms with Gasteiger partial charge in [-0.05, 0) is 25.1 Å². The predicted octanol–water partition coefficient (Wildman–Crippen LogP) is 4.46. The van der Waals surface area contributed by atoms with Gasteiger partial charge in [0, 0.05) is 22.8 Å². The van der Waals surface area contributed by atoms with Crippen LogP contribution in [0.25, 0.3) is 0 Å². The van der Waals surface area contributed by atoms with Crippen LogP contribution in [0.5, 0.6) is 17.2 Å². The number of nitrogens with one attached hydrogen (secondary N) is 2. The van der Waals surface area contributed by atoms with Gasteiger partial charge in [-0.2, -0.15) is 0 Å². The molecule has 0 aliphatic rings. The molecule has 0 aliphatic carbocycles. The summed E-state index contributed by atoms with van der Waals surface area (Å²) in [4.78, 5) is 12.4. The van der Waals surface area contributed by atoms with Gasteiger partial charge in [-0.3, -0.25) is 4.79 Å². The Bertz CT molecular complexity index is 774. The van der Waals surface area contributed by atoms with E-state index in [-0.39, 0.29) is 5.91 Å². The molecule has 0 saturated carbocycles. The molecule has 0 aliphatic heterocycles. The van der Waals surface area contributed by atoms with E-state index in [1.54, 1.807) is 37.3 Å². The first kappa shape index (κ1) is 20.0. The van der Waals surface area contributed by atoms with Crippen molar-refractivity contribution in [3.63, 3.8) is 0 Å². The molecule has 2 aromatic rings. The van der Waals surface area contributed by atoms with Crippen molar-refractivity contribution in [2.75, 3.05) is 32.0 Å². The molecular weight excluding hydrogens is 379 g/mol. The van der Waals surface area contributed by atoms with Gasteiger partial charge in [0.1, 0.15) is 6.04 Å². The highest BCUT2D eigenvalue weighted by atomic mass is 35.5. The largest absolute Gasteiger partial charge is 0.493 e. The number of halogens is 2. The number of carbonyl (C=O) groups is 1. The molecule has 0 fully saturated rings. The first-order chi connectivity index (χ1) is 12.4. The Morgan fingerprint density at radius 1 is 1.00 bits per heavy atom. The molecule has 0 spiro atoms. The van der Waals surface area contributed by atoms with Gasteiger partial charge in [0.25, 0.3) is 0 Å². The average molecular weight is 399 g/mol. The minimum absolute atomic E-state index is 0.261. The van der Waals surface area contributed by atoms with Gasteiger partial charge in [-0.1, -0.05) is 23.2 Å². The summed E-state index contributed by atoms with van der Waals surface area (Å²) in [5.74, 6) is 1.19. The SMILES string of the molecule is COc1cc(N[C@H](C)C(=O)Nc2ccc(Cl)cc2Cl)cc(OC)c1OC. The fraction of sp³-hybridized carbons (Fsp3) is 0.278. The smallest absolute Gasteiger partial charge is 0.246 e. The van der Waals surface area contributed by atoms with E-state index in [0.717, 1.165) is 0 Å². The first-order valence-electron chi connectivity index (χ1n) is 7.72. The van der Waals surface area contributed by atoms with Gasteiger partial charge in [0.2, 0.25) is 11.7 Å². The molecule has 0 saturated heterocycles. The molecular formula is C18H20Cl2N2O4. The van der Waals surface area contributed by atoms with Gasteiger partial charge < -0.3 is 24.8 Å². The van der Waals surface area contributed by atoms with Crippen molar-refractivity contribution in [3.8, 4) is 17.2 Å². The van der Waals surface area contributed by atoms with Crippen LogP contribution in [0.15, 0.2) is 30.3 Å². The van der Waals surface area contributed by atoms with Crippen LogP contribution in [-0.2, 0) is 4.79 Å². The maximum Gasteiger partial charge on any atom is 0.246 e. The standard InChI is InChI=1S/C18H20Cl2N2O4/c1-10(18(23)22-14-6-5-11(19)7-13(14)20)21-12-8-15(24-2)17(26-4)16(9-12)25-3/h5-10,21H,1-4H3,(H,22,23)/t10-/m1/s1. The zero-order valence-corrected chi connectivity index (χ0v) is 16.4. The Morgan fingerprint density at radius 2 is 1.62 bits per heavy atom. The maximum absolute atomic E-state index is 12.4. The fourth-order valence-electron chi connectivity index (χ4n) is 2.31. The zero-order chi connectivity index (χ0) is 19.3. The minimum atomic E-state index is -0.551. The molecule has 1 amide bonds. The molecule has 0 unspecified atom stereocenters. The average Bonchev–Trinajstić information content (AvgIpc) is 2.62. The summed E-state index contributed by atoms with van der Waals surface area (Å²) in [5, 5.41) is 6.72. The van der Waals surface area contributed by atoms with Crippen molar-refractivity contribution in [2.45, 2.75) is 13.0 Å². The summed E-state index contributed by atoms with van der Waals surface area (Å²) in [5.41, 5.74) is 1.13. The number of methoxy groups -OCH3 is 3. The molecule has 1 atom stereocenters. The summed E-state index contributed by atoms with van der Waals surface area (Å²) >= 11 is 11.9. The molecule has 0 bridgehead atoms. The van der Waals surface area contributed by atoms with Gasteiger partial charge in [-0.15, -0.1) is 0 Å². The van der Waals surface area contributed by atoms with Crippen LogP contribution in [0.4, 0.5) is 11.4 Å². The normalized spacial score (nSPS) is 11.5. The summed E-state index contributed by atoms with van der Waals surface area (Å²) in [6.07, 6.45) is 0. The second-order valence-corrected chi connectivity index (χ2v) is 6.24. The van der Waals surface area contributed by atoms with E-state index in [1.807, 2.05) is 0 Å². The van der Waals surface area contributed by atoms with Crippen LogP contribution >= 0.6 is 23.2 Å². The number of ether oxygens (including phenoxy) is 3. The molecule has 0 heterocycles. The minimum Gasteiger partial charge on any atom is -0.493 e. The van der Waals surface area contributed by atoms with Crippen LogP contribution in [0.3, 0.4) is 0 Å². The molecule has 26 heavy (non-hydrogen) atoms. The lowest BCUT2D eigenvalue weighted by molar-refractivity contribution is -0.116. The number of amides is 1. The van der Waals surface area contributed by atoms with E-state index < -0.39 is 6.04 Å². The Balaban J connectivity index is 2.15. The van der Waals surface area contributed by atoms with Gasteiger partial charge >= 0.3 is 0 Å². The Labute approximate surface area is 162 Å². The van der Waals surface area contributed by atoms with E-state index in [0.29, 0.717) is 38.7 Å². The topological polar surface area (TPSA) is 68.8 Å². The number of hydrogen-bond acceptors (Lipinski definition) is 5. The number of hydrogen-bond donors (Lipinski definition) is 2. The quantitative estimate of drug-likeness (QED) is 0.720. The molecule has 2 rings (SSSR count). The molecule has 140 valence electrons. The number of carbonyl (C=O) groups excluding carboxylic acids is 1. The van der Waals surface area contributed by atoms with Crippen LogP contribution in [0, 0.1) is 0 Å². The molecule has 0 aromatic heterocycles. The Kier molecular flexibility index (Phi) is 6.83. The second kappa shape index (κ2) is 8.87. The van der Waals surface area contributed by atoms with Crippen molar-refractivity contribution in [3.05, 3.63) is 40.4 Å². The number of anilines is 2. The Hall–Kier alpha value is -2.31. The molecule has 2 aromatic carbocycles. The van der Waals surface area contributed by atoms with E-state index >= 15 is 0 Å². The molecule has 8 heteroatoms. The number of rotatable bonds is 7. The van der Waals surface area contributed by atoms with Crippen molar-refractivity contribution < 1.29 is 19.0 Å². The first-order valence-corrected chi connectivity index (χ1v) is 8.47. The summed E-state index contributed by atoms with van der Waals surface area (Å²) in [6.45, 7) is 1.72. The summed E-state index contributed by atoms with van der Waals surface area (Å²) < 4.78 is 15.9. The van der Waals surface area contributed by atoms with E-state index in [9.17, 15) is 4.79 Å². The molecule has 0 radical (unpaired) electrons. The van der Waals surface area contributed by atoms with Crippen molar-refractivity contribution in [1.29, 1.82) is 0 Å². The predicted molar refractivity (Wildman–Crippen MR) is 104 cm³/mol. The van der Waals surface area contributed by atoms with Gasteiger partial charge in [0.15, 0.2) is 11.5 Å². The van der Waals surface area contributed by atoms with Crippen LogP contribution in [0.2, 0.25) is 10.0 Å². The van der Waals surface area contributed by atoms with Crippen LogP contribution < -0.4 is 24.8 Å². The zero-order valence-electron chi connectivity index (χ0n) is 14.9. The fourth-order valence-corrected chi connectivity index (χ4v) is 2.77. The van der Waals surface area contributed by atoms with Crippen molar-refractivity contribution in [1.82, 2.24) is 0 Å². The molecule has 2 N–H and O–H groups in total. The van der Waals surface area contributed by atoms with Crippen molar-refractivity contribution >= 4 is 40.5 Å². The van der Waals surface area contributed by atoms with E-state index in [1.165, 1.54) is 21.3 Å². The van der Waals surface area contributed by atoms with Crippen molar-refractivity contribution in [2.24, 2.45) is 0 Å². The van der Waals surface area contributed by atoms with Crippen LogP contribution in [-0.4, -0.2) is 33.3 Å².